The minimum absolute atomic E-state index is 0.233. The van der Waals surface area contributed by atoms with E-state index in [0.717, 1.165) is 18.4 Å². The molecule has 7 heteroatoms. The number of nitrogens with zero attached hydrogens (tertiary/aromatic N) is 4. The van der Waals surface area contributed by atoms with Crippen LogP contribution in [0.25, 0.3) is 0 Å². The van der Waals surface area contributed by atoms with E-state index in [2.05, 4.69) is 20.8 Å². The lowest BCUT2D eigenvalue weighted by Gasteiger charge is -2.09. The Balaban J connectivity index is 1.91. The van der Waals surface area contributed by atoms with Crippen LogP contribution in [0, 0.1) is 5.82 Å². The molecule has 100 valence electrons. The van der Waals surface area contributed by atoms with Gasteiger partial charge in [-0.1, -0.05) is 12.1 Å². The summed E-state index contributed by atoms with van der Waals surface area (Å²) in [7, 11) is 1.84. The van der Waals surface area contributed by atoms with Crippen molar-refractivity contribution in [3.63, 3.8) is 0 Å². The van der Waals surface area contributed by atoms with Crippen LogP contribution in [0.4, 0.5) is 4.39 Å². The van der Waals surface area contributed by atoms with Crippen LogP contribution in [-0.4, -0.2) is 27.3 Å². The highest BCUT2D eigenvalue weighted by Crippen LogP contribution is 2.39. The summed E-state index contributed by atoms with van der Waals surface area (Å²) < 4.78 is 15.8. The van der Waals surface area contributed by atoms with Crippen LogP contribution >= 0.6 is 11.8 Å². The summed E-state index contributed by atoms with van der Waals surface area (Å²) in [5.41, 5.74) is 0.915. The van der Waals surface area contributed by atoms with E-state index in [9.17, 15) is 4.39 Å². The largest absolute Gasteiger partial charge is 0.316 e. The van der Waals surface area contributed by atoms with E-state index in [1.165, 1.54) is 17.8 Å². The second-order valence-corrected chi connectivity index (χ2v) is 5.48. The number of halogens is 1. The molecule has 0 unspecified atom stereocenters. The molecule has 0 saturated heterocycles. The van der Waals surface area contributed by atoms with Gasteiger partial charge in [0.2, 0.25) is 5.16 Å². The highest BCUT2D eigenvalue weighted by atomic mass is 32.2. The average molecular weight is 279 g/mol. The maximum Gasteiger partial charge on any atom is 0.214 e. The maximum atomic E-state index is 14.0. The van der Waals surface area contributed by atoms with E-state index in [1.807, 2.05) is 13.1 Å². The third kappa shape index (κ3) is 2.62. The third-order valence-corrected chi connectivity index (χ3v) is 4.08. The molecule has 5 nitrogen and oxygen atoms in total. The Kier molecular flexibility index (Phi) is 3.48. The van der Waals surface area contributed by atoms with Gasteiger partial charge in [-0.2, -0.15) is 0 Å². The van der Waals surface area contributed by atoms with Crippen molar-refractivity contribution >= 4 is 11.8 Å². The molecular weight excluding hydrogens is 265 g/mol. The van der Waals surface area contributed by atoms with Crippen molar-refractivity contribution in [3.05, 3.63) is 29.6 Å². The topological polar surface area (TPSA) is 55.6 Å². The van der Waals surface area contributed by atoms with Crippen molar-refractivity contribution in [2.24, 2.45) is 0 Å². The predicted octanol–water partition coefficient (Wildman–Crippen LogP) is 2.02. The van der Waals surface area contributed by atoms with E-state index < -0.39 is 0 Å². The van der Waals surface area contributed by atoms with Gasteiger partial charge in [-0.25, -0.2) is 9.07 Å². The SMILES string of the molecule is CNCc1cccc(F)c1Sc1nnnn1C1CC1. The molecule has 0 spiro atoms. The van der Waals surface area contributed by atoms with Gasteiger partial charge in [-0.15, -0.1) is 5.10 Å². The zero-order chi connectivity index (χ0) is 13.2. The first-order valence-electron chi connectivity index (χ1n) is 6.17. The molecule has 0 bridgehead atoms. The molecule has 1 aliphatic carbocycles. The summed E-state index contributed by atoms with van der Waals surface area (Å²) in [6.45, 7) is 0.616. The molecule has 2 aromatic rings. The number of rotatable bonds is 5. The smallest absolute Gasteiger partial charge is 0.214 e. The molecule has 0 atom stereocenters. The van der Waals surface area contributed by atoms with Crippen LogP contribution in [0.3, 0.4) is 0 Å². The van der Waals surface area contributed by atoms with E-state index >= 15 is 0 Å². The number of nitrogens with one attached hydrogen (secondary N) is 1. The first-order valence-corrected chi connectivity index (χ1v) is 6.99. The highest BCUT2D eigenvalue weighted by Gasteiger charge is 2.28. The van der Waals surface area contributed by atoms with Crippen molar-refractivity contribution in [1.29, 1.82) is 0 Å². The molecule has 1 fully saturated rings. The van der Waals surface area contributed by atoms with Crippen molar-refractivity contribution in [1.82, 2.24) is 25.5 Å². The standard InChI is InChI=1S/C12H14FN5S/c1-14-7-8-3-2-4-10(13)11(8)19-12-15-16-17-18(12)9-5-6-9/h2-4,9,14H,5-7H2,1H3. The first kappa shape index (κ1) is 12.6. The molecule has 1 heterocycles. The van der Waals surface area contributed by atoms with Gasteiger partial charge in [0.25, 0.3) is 0 Å². The lowest BCUT2D eigenvalue weighted by Crippen LogP contribution is -2.07. The van der Waals surface area contributed by atoms with Gasteiger partial charge in [-0.05, 0) is 53.7 Å². The Morgan fingerprint density at radius 1 is 1.47 bits per heavy atom. The molecule has 19 heavy (non-hydrogen) atoms. The van der Waals surface area contributed by atoms with Gasteiger partial charge >= 0.3 is 0 Å². The molecule has 1 saturated carbocycles. The molecular formula is C12H14FN5S. The molecule has 0 aliphatic heterocycles. The number of tetrazole rings is 1. The number of hydrogen-bond donors (Lipinski definition) is 1. The van der Waals surface area contributed by atoms with Crippen LogP contribution in [0.5, 0.6) is 0 Å². The Morgan fingerprint density at radius 3 is 3.05 bits per heavy atom. The Labute approximate surface area is 114 Å². The van der Waals surface area contributed by atoms with Crippen LogP contribution in [0.15, 0.2) is 28.3 Å². The first-order chi connectivity index (χ1) is 9.29. The quantitative estimate of drug-likeness (QED) is 0.907. The Bertz CT molecular complexity index is 581. The summed E-state index contributed by atoms with van der Waals surface area (Å²) in [6, 6.07) is 5.48. The van der Waals surface area contributed by atoms with Crippen LogP contribution in [-0.2, 0) is 6.54 Å². The number of hydrogen-bond acceptors (Lipinski definition) is 5. The minimum atomic E-state index is -0.233. The van der Waals surface area contributed by atoms with Gasteiger partial charge in [0.1, 0.15) is 5.82 Å². The van der Waals surface area contributed by atoms with Gasteiger partial charge in [0.05, 0.1) is 10.9 Å². The lowest BCUT2D eigenvalue weighted by molar-refractivity contribution is 0.562. The summed E-state index contributed by atoms with van der Waals surface area (Å²) in [5, 5.41) is 15.4. The van der Waals surface area contributed by atoms with Crippen molar-refractivity contribution in [3.8, 4) is 0 Å². The van der Waals surface area contributed by atoms with Gasteiger partial charge in [0, 0.05) is 6.54 Å². The van der Waals surface area contributed by atoms with Crippen LogP contribution in [0.2, 0.25) is 0 Å². The lowest BCUT2D eigenvalue weighted by atomic mass is 10.2. The van der Waals surface area contributed by atoms with E-state index in [4.69, 9.17) is 0 Å². The van der Waals surface area contributed by atoms with Crippen LogP contribution in [0.1, 0.15) is 24.4 Å². The zero-order valence-corrected chi connectivity index (χ0v) is 11.3. The molecule has 1 aliphatic rings. The summed E-state index contributed by atoms with van der Waals surface area (Å²) in [4.78, 5) is 0.591. The summed E-state index contributed by atoms with van der Waals surface area (Å²) in [6.07, 6.45) is 2.19. The summed E-state index contributed by atoms with van der Waals surface area (Å²) in [5.74, 6) is -0.233. The average Bonchev–Trinajstić information content (AvgIpc) is 3.14. The number of aromatic nitrogens is 4. The summed E-state index contributed by atoms with van der Waals surface area (Å²) >= 11 is 1.29. The van der Waals surface area contributed by atoms with Crippen LogP contribution < -0.4 is 5.32 Å². The molecule has 1 aromatic heterocycles. The van der Waals surface area contributed by atoms with Crippen molar-refractivity contribution in [2.45, 2.75) is 35.5 Å². The maximum absolute atomic E-state index is 14.0. The number of benzene rings is 1. The molecule has 3 rings (SSSR count). The molecule has 0 radical (unpaired) electrons. The fraction of sp³-hybridized carbons (Fsp3) is 0.417. The van der Waals surface area contributed by atoms with E-state index in [1.54, 1.807) is 10.7 Å². The highest BCUT2D eigenvalue weighted by molar-refractivity contribution is 7.99. The third-order valence-electron chi connectivity index (χ3n) is 2.96. The Hall–Kier alpha value is -1.47. The van der Waals surface area contributed by atoms with Gasteiger partial charge in [-0.3, -0.25) is 0 Å². The van der Waals surface area contributed by atoms with E-state index in [0.29, 0.717) is 22.6 Å². The van der Waals surface area contributed by atoms with Gasteiger partial charge in [0.15, 0.2) is 0 Å². The fourth-order valence-corrected chi connectivity index (χ4v) is 2.87. The molecule has 1 aromatic carbocycles. The molecule has 1 N–H and O–H groups in total. The van der Waals surface area contributed by atoms with Crippen molar-refractivity contribution in [2.75, 3.05) is 7.05 Å². The van der Waals surface area contributed by atoms with Gasteiger partial charge < -0.3 is 5.32 Å². The second-order valence-electron chi connectivity index (χ2n) is 4.50. The monoisotopic (exact) mass is 279 g/mol. The van der Waals surface area contributed by atoms with Crippen molar-refractivity contribution < 1.29 is 4.39 Å². The fourth-order valence-electron chi connectivity index (χ4n) is 1.89. The Morgan fingerprint density at radius 2 is 2.32 bits per heavy atom. The predicted molar refractivity (Wildman–Crippen MR) is 69.4 cm³/mol. The zero-order valence-electron chi connectivity index (χ0n) is 10.5. The molecule has 0 amide bonds. The van der Waals surface area contributed by atoms with E-state index in [-0.39, 0.29) is 5.82 Å². The normalized spacial score (nSPS) is 14.8. The second kappa shape index (κ2) is 5.26. The minimum Gasteiger partial charge on any atom is -0.316 e.